The highest BCUT2D eigenvalue weighted by Crippen LogP contribution is 2.28. The van der Waals surface area contributed by atoms with E-state index >= 15 is 0 Å². The van der Waals surface area contributed by atoms with Crippen molar-refractivity contribution < 1.29 is 9.53 Å². The number of ether oxygens (including phenoxy) is 1. The van der Waals surface area contributed by atoms with Crippen LogP contribution in [0.5, 0.6) is 0 Å². The van der Waals surface area contributed by atoms with E-state index in [2.05, 4.69) is 10.3 Å². The molecule has 28 heavy (non-hydrogen) atoms. The molecule has 0 atom stereocenters. The van der Waals surface area contributed by atoms with Crippen molar-refractivity contribution in [1.82, 2.24) is 10.3 Å². The maximum absolute atomic E-state index is 12.2. The Balaban J connectivity index is 1.46. The molecule has 2 aromatic rings. The SMILES string of the molecule is Nc1c(Cl)cc(C(=O)CNCCCCCCOCCc2ccccn2)cc1Cl. The lowest BCUT2D eigenvalue weighted by Gasteiger charge is -2.07. The van der Waals surface area contributed by atoms with Gasteiger partial charge in [-0.3, -0.25) is 9.78 Å². The molecular weight excluding hydrogens is 397 g/mol. The minimum Gasteiger partial charge on any atom is -0.396 e. The van der Waals surface area contributed by atoms with Crippen LogP contribution in [0.25, 0.3) is 0 Å². The van der Waals surface area contributed by atoms with Crippen LogP contribution in [0.2, 0.25) is 10.0 Å². The van der Waals surface area contributed by atoms with E-state index < -0.39 is 0 Å². The summed E-state index contributed by atoms with van der Waals surface area (Å²) in [4.78, 5) is 16.4. The fraction of sp³-hybridized carbons (Fsp3) is 0.429. The minimum absolute atomic E-state index is 0.0508. The summed E-state index contributed by atoms with van der Waals surface area (Å²) < 4.78 is 5.64. The van der Waals surface area contributed by atoms with Crippen LogP contribution in [0.15, 0.2) is 36.5 Å². The minimum atomic E-state index is -0.0508. The molecule has 1 heterocycles. The molecule has 0 aliphatic heterocycles. The monoisotopic (exact) mass is 423 g/mol. The number of hydrogen-bond acceptors (Lipinski definition) is 5. The van der Waals surface area contributed by atoms with Crippen molar-refractivity contribution in [3.63, 3.8) is 0 Å². The number of aromatic nitrogens is 1. The smallest absolute Gasteiger partial charge is 0.176 e. The summed E-state index contributed by atoms with van der Waals surface area (Å²) in [5.74, 6) is -0.0508. The molecule has 2 rings (SSSR count). The van der Waals surface area contributed by atoms with Crippen LogP contribution in [-0.4, -0.2) is 37.1 Å². The van der Waals surface area contributed by atoms with Crippen LogP contribution >= 0.6 is 23.2 Å². The third-order valence-electron chi connectivity index (χ3n) is 4.31. The molecule has 0 radical (unpaired) electrons. The maximum atomic E-state index is 12.2. The molecular formula is C21H27Cl2N3O2. The largest absolute Gasteiger partial charge is 0.396 e. The van der Waals surface area contributed by atoms with Crippen LogP contribution in [0.1, 0.15) is 41.7 Å². The van der Waals surface area contributed by atoms with Crippen molar-refractivity contribution in [2.24, 2.45) is 0 Å². The molecule has 5 nitrogen and oxygen atoms in total. The van der Waals surface area contributed by atoms with Crippen LogP contribution in [-0.2, 0) is 11.2 Å². The Kier molecular flexibility index (Phi) is 10.3. The average Bonchev–Trinajstić information content (AvgIpc) is 2.70. The predicted octanol–water partition coefficient (Wildman–Crippen LogP) is 4.56. The van der Waals surface area contributed by atoms with Gasteiger partial charge in [-0.2, -0.15) is 0 Å². The van der Waals surface area contributed by atoms with Crippen molar-refractivity contribution in [2.75, 3.05) is 32.0 Å². The van der Waals surface area contributed by atoms with Gasteiger partial charge in [-0.15, -0.1) is 0 Å². The van der Waals surface area contributed by atoms with E-state index in [1.165, 1.54) is 0 Å². The van der Waals surface area contributed by atoms with Gasteiger partial charge in [-0.05, 0) is 43.7 Å². The fourth-order valence-corrected chi connectivity index (χ4v) is 3.17. The number of anilines is 1. The lowest BCUT2D eigenvalue weighted by Crippen LogP contribution is -2.24. The molecule has 152 valence electrons. The molecule has 3 N–H and O–H groups in total. The zero-order chi connectivity index (χ0) is 20.2. The summed E-state index contributed by atoms with van der Waals surface area (Å²) in [7, 11) is 0. The number of pyridine rings is 1. The molecule has 0 fully saturated rings. The summed E-state index contributed by atoms with van der Waals surface area (Å²) in [6, 6.07) is 9.03. The number of Topliss-reactive ketones (excluding diaryl/α,β-unsaturated/α-hetero) is 1. The molecule has 0 saturated heterocycles. The van der Waals surface area contributed by atoms with E-state index in [9.17, 15) is 4.79 Å². The highest BCUT2D eigenvalue weighted by Gasteiger charge is 2.10. The number of benzene rings is 1. The van der Waals surface area contributed by atoms with Gasteiger partial charge in [0.05, 0.1) is 28.9 Å². The summed E-state index contributed by atoms with van der Waals surface area (Å²) in [5, 5.41) is 3.77. The number of carbonyl (C=O) groups excluding carboxylic acids is 1. The van der Waals surface area contributed by atoms with Gasteiger partial charge in [-0.25, -0.2) is 0 Å². The van der Waals surface area contributed by atoms with E-state index in [1.54, 1.807) is 18.3 Å². The van der Waals surface area contributed by atoms with Crippen LogP contribution in [0.3, 0.4) is 0 Å². The first-order chi connectivity index (χ1) is 13.6. The Labute approximate surface area is 176 Å². The Morgan fingerprint density at radius 3 is 2.54 bits per heavy atom. The summed E-state index contributed by atoms with van der Waals surface area (Å²) in [5.41, 5.74) is 7.51. The number of ketones is 1. The number of carbonyl (C=O) groups is 1. The number of nitrogens with two attached hydrogens (primary N) is 1. The van der Waals surface area contributed by atoms with Crippen molar-refractivity contribution >= 4 is 34.7 Å². The first-order valence-electron chi connectivity index (χ1n) is 9.54. The molecule has 1 aromatic heterocycles. The molecule has 0 aliphatic rings. The Morgan fingerprint density at radius 1 is 1.07 bits per heavy atom. The van der Waals surface area contributed by atoms with Gasteiger partial charge in [0.25, 0.3) is 0 Å². The number of hydrogen-bond donors (Lipinski definition) is 2. The summed E-state index contributed by atoms with van der Waals surface area (Å²) in [6.07, 6.45) is 6.93. The van der Waals surface area contributed by atoms with Gasteiger partial charge in [0.2, 0.25) is 0 Å². The Bertz CT molecular complexity index is 719. The first-order valence-corrected chi connectivity index (χ1v) is 10.3. The van der Waals surface area contributed by atoms with Crippen molar-refractivity contribution in [1.29, 1.82) is 0 Å². The normalized spacial score (nSPS) is 10.9. The van der Waals surface area contributed by atoms with Crippen LogP contribution in [0, 0.1) is 0 Å². The molecule has 1 aromatic carbocycles. The van der Waals surface area contributed by atoms with Gasteiger partial charge in [0.1, 0.15) is 0 Å². The van der Waals surface area contributed by atoms with Crippen molar-refractivity contribution in [3.05, 3.63) is 57.8 Å². The number of halogens is 2. The van der Waals surface area contributed by atoms with Gasteiger partial charge in [0.15, 0.2) is 5.78 Å². The van der Waals surface area contributed by atoms with Crippen molar-refractivity contribution in [3.8, 4) is 0 Å². The second-order valence-corrected chi connectivity index (χ2v) is 7.37. The summed E-state index contributed by atoms with van der Waals surface area (Å²) >= 11 is 11.9. The second kappa shape index (κ2) is 12.7. The van der Waals surface area contributed by atoms with E-state index in [4.69, 9.17) is 33.7 Å². The van der Waals surface area contributed by atoms with Gasteiger partial charge in [0, 0.05) is 30.5 Å². The average molecular weight is 424 g/mol. The van der Waals surface area contributed by atoms with E-state index in [0.717, 1.165) is 50.9 Å². The quantitative estimate of drug-likeness (QED) is 0.280. The zero-order valence-electron chi connectivity index (χ0n) is 15.9. The highest BCUT2D eigenvalue weighted by atomic mass is 35.5. The van der Waals surface area contributed by atoms with Crippen LogP contribution < -0.4 is 11.1 Å². The number of rotatable bonds is 13. The van der Waals surface area contributed by atoms with E-state index in [1.807, 2.05) is 18.2 Å². The topological polar surface area (TPSA) is 77.2 Å². The zero-order valence-corrected chi connectivity index (χ0v) is 17.4. The fourth-order valence-electron chi connectivity index (χ4n) is 2.68. The van der Waals surface area contributed by atoms with Crippen molar-refractivity contribution in [2.45, 2.75) is 32.1 Å². The van der Waals surface area contributed by atoms with E-state index in [-0.39, 0.29) is 12.3 Å². The highest BCUT2D eigenvalue weighted by molar-refractivity contribution is 6.39. The predicted molar refractivity (Wildman–Crippen MR) is 115 cm³/mol. The lowest BCUT2D eigenvalue weighted by molar-refractivity contribution is 0.0991. The van der Waals surface area contributed by atoms with Gasteiger partial charge in [-0.1, -0.05) is 42.1 Å². The van der Waals surface area contributed by atoms with Gasteiger partial charge < -0.3 is 15.8 Å². The number of nitrogen functional groups attached to an aromatic ring is 1. The first kappa shape index (κ1) is 22.6. The molecule has 0 bridgehead atoms. The standard InChI is InChI=1S/C21H27Cl2N3O2/c22-18-13-16(14-19(23)21(18)24)20(27)15-25-9-4-1-2-6-11-28-12-8-17-7-3-5-10-26-17/h3,5,7,10,13-14,25H,1-2,4,6,8-9,11-12,15,24H2. The molecule has 0 saturated carbocycles. The van der Waals surface area contributed by atoms with E-state index in [0.29, 0.717) is 27.9 Å². The molecule has 0 unspecified atom stereocenters. The molecule has 7 heteroatoms. The third kappa shape index (κ3) is 8.15. The number of nitrogens with zero attached hydrogens (tertiary/aromatic N) is 1. The van der Waals surface area contributed by atoms with Crippen LogP contribution in [0.4, 0.5) is 5.69 Å². The Hall–Kier alpha value is -1.66. The summed E-state index contributed by atoms with van der Waals surface area (Å²) in [6.45, 7) is 2.53. The Morgan fingerprint density at radius 2 is 1.82 bits per heavy atom. The third-order valence-corrected chi connectivity index (χ3v) is 4.93. The number of unbranched alkanes of at least 4 members (excludes halogenated alkanes) is 3. The molecule has 0 spiro atoms. The molecule has 0 amide bonds. The lowest BCUT2D eigenvalue weighted by atomic mass is 10.1. The molecule has 0 aliphatic carbocycles. The van der Waals surface area contributed by atoms with Gasteiger partial charge >= 0.3 is 0 Å². The number of nitrogens with one attached hydrogen (secondary N) is 1. The maximum Gasteiger partial charge on any atom is 0.176 e. The second-order valence-electron chi connectivity index (χ2n) is 6.55.